The number of ketones is 1. The molecule has 0 saturated carbocycles. The van der Waals surface area contributed by atoms with Crippen molar-refractivity contribution in [1.29, 1.82) is 0 Å². The van der Waals surface area contributed by atoms with Crippen LogP contribution in [-0.2, 0) is 14.3 Å². The van der Waals surface area contributed by atoms with Crippen molar-refractivity contribution in [1.82, 2.24) is 0 Å². The molecule has 1 aliphatic heterocycles. The number of rotatable bonds is 3. The van der Waals surface area contributed by atoms with Crippen molar-refractivity contribution in [2.75, 3.05) is 0 Å². The van der Waals surface area contributed by atoms with Crippen molar-refractivity contribution in [2.45, 2.75) is 30.8 Å². The van der Waals surface area contributed by atoms with Crippen LogP contribution < -0.4 is 0 Å². The molecule has 1 saturated heterocycles. The van der Waals surface area contributed by atoms with E-state index in [1.165, 1.54) is 0 Å². The van der Waals surface area contributed by atoms with Crippen molar-refractivity contribution in [2.24, 2.45) is 0 Å². The molecule has 1 aliphatic rings. The fourth-order valence-electron chi connectivity index (χ4n) is 1.44. The van der Waals surface area contributed by atoms with E-state index in [1.54, 1.807) is 0 Å². The van der Waals surface area contributed by atoms with E-state index in [9.17, 15) is 19.8 Å². The van der Waals surface area contributed by atoms with Crippen LogP contribution in [0.15, 0.2) is 0 Å². The minimum atomic E-state index is -1.77. The Hall–Kier alpha value is -2.74. The van der Waals surface area contributed by atoms with E-state index in [0.29, 0.717) is 0 Å². The van der Waals surface area contributed by atoms with E-state index < -0.39 is 36.2 Å². The topological polar surface area (TPSA) is 104 Å². The first-order chi connectivity index (χ1) is 9.99. The lowest BCUT2D eigenvalue weighted by Gasteiger charge is -2.17. The number of ether oxygens (including phenoxy) is 1. The first-order valence-electron chi connectivity index (χ1n) is 5.70. The van der Waals surface area contributed by atoms with E-state index in [0.717, 1.165) is 0 Å². The lowest BCUT2D eigenvalue weighted by Crippen LogP contribution is -2.42. The number of hydrogen-bond acceptors (Lipinski definition) is 6. The van der Waals surface area contributed by atoms with Gasteiger partial charge in [-0.15, -0.1) is 6.42 Å². The van der Waals surface area contributed by atoms with Gasteiger partial charge in [-0.3, -0.25) is 4.79 Å². The summed E-state index contributed by atoms with van der Waals surface area (Å²) >= 11 is 0. The van der Waals surface area contributed by atoms with Gasteiger partial charge in [0.15, 0.2) is 24.1 Å². The molecule has 0 aromatic carbocycles. The molecule has 0 aliphatic carbocycles. The molecule has 0 unspecified atom stereocenters. The Morgan fingerprint density at radius 3 is 2.43 bits per heavy atom. The lowest BCUT2D eigenvalue weighted by molar-refractivity contribution is -0.153. The second-order valence-electron chi connectivity index (χ2n) is 3.87. The van der Waals surface area contributed by atoms with Gasteiger partial charge >= 0.3 is 5.97 Å². The molecule has 6 nitrogen and oxygen atoms in total. The molecule has 21 heavy (non-hydrogen) atoms. The largest absolute Gasteiger partial charge is 0.454 e. The van der Waals surface area contributed by atoms with Crippen LogP contribution in [0.3, 0.4) is 0 Å². The van der Waals surface area contributed by atoms with Gasteiger partial charge in [0.2, 0.25) is 0 Å². The SMILES string of the molecule is C#CC#CC#CC#CCC(=O)[C@H](O)[C@H]1OC(=O)[C@@H](O)[C@H]1O. The second-order valence-corrected chi connectivity index (χ2v) is 3.87. The zero-order chi connectivity index (χ0) is 15.8. The van der Waals surface area contributed by atoms with Crippen LogP contribution >= 0.6 is 0 Å². The van der Waals surface area contributed by atoms with Crippen LogP contribution in [0, 0.1) is 47.9 Å². The summed E-state index contributed by atoms with van der Waals surface area (Å²) < 4.78 is 4.52. The van der Waals surface area contributed by atoms with Crippen LogP contribution in [0.4, 0.5) is 0 Å². The Labute approximate surface area is 121 Å². The first kappa shape index (κ1) is 16.3. The predicted molar refractivity (Wildman–Crippen MR) is 69.7 cm³/mol. The Bertz CT molecular complexity index is 652. The number of terminal acetylenes is 1. The third kappa shape index (κ3) is 4.39. The van der Waals surface area contributed by atoms with Gasteiger partial charge in [0.05, 0.1) is 6.42 Å². The van der Waals surface area contributed by atoms with Crippen LogP contribution in [0.25, 0.3) is 0 Å². The second kappa shape index (κ2) is 7.75. The lowest BCUT2D eigenvalue weighted by atomic mass is 10.0. The number of cyclic esters (lactones) is 1. The smallest absolute Gasteiger partial charge is 0.338 e. The summed E-state index contributed by atoms with van der Waals surface area (Å²) in [6.07, 6.45) is -2.22. The van der Waals surface area contributed by atoms with Crippen molar-refractivity contribution in [3.63, 3.8) is 0 Å². The van der Waals surface area contributed by atoms with Gasteiger partial charge in [-0.25, -0.2) is 4.79 Å². The zero-order valence-electron chi connectivity index (χ0n) is 10.7. The summed E-state index contributed by atoms with van der Waals surface area (Å²) in [5.74, 6) is 14.1. The maximum atomic E-state index is 11.6. The molecule has 0 spiro atoms. The maximum absolute atomic E-state index is 11.6. The third-order valence-corrected chi connectivity index (χ3v) is 2.47. The number of hydrogen-bond donors (Lipinski definition) is 3. The molecule has 0 amide bonds. The van der Waals surface area contributed by atoms with Crippen LogP contribution in [0.5, 0.6) is 0 Å². The third-order valence-electron chi connectivity index (χ3n) is 2.47. The van der Waals surface area contributed by atoms with E-state index in [4.69, 9.17) is 11.5 Å². The average molecular weight is 286 g/mol. The number of esters is 1. The molecule has 106 valence electrons. The van der Waals surface area contributed by atoms with Crippen molar-refractivity contribution in [3.05, 3.63) is 0 Å². The van der Waals surface area contributed by atoms with Crippen molar-refractivity contribution < 1.29 is 29.6 Å². The molecule has 6 heteroatoms. The van der Waals surface area contributed by atoms with Gasteiger partial charge < -0.3 is 20.1 Å². The summed E-state index contributed by atoms with van der Waals surface area (Å²) in [4.78, 5) is 22.6. The first-order valence-corrected chi connectivity index (χ1v) is 5.70. The number of carbonyl (C=O) groups is 2. The molecule has 0 aromatic rings. The maximum Gasteiger partial charge on any atom is 0.338 e. The van der Waals surface area contributed by atoms with Gasteiger partial charge in [0, 0.05) is 0 Å². The molecule has 0 radical (unpaired) electrons. The number of Topliss-reactive ketones (excluding diaryl/α,β-unsaturated/α-hetero) is 1. The predicted octanol–water partition coefficient (Wildman–Crippen LogP) is -2.40. The Kier molecular flexibility index (Phi) is 6.02. The fourth-order valence-corrected chi connectivity index (χ4v) is 1.44. The summed E-state index contributed by atoms with van der Waals surface area (Å²) in [6.45, 7) is 0. The zero-order valence-corrected chi connectivity index (χ0v) is 10.7. The van der Waals surface area contributed by atoms with Gasteiger partial charge in [-0.2, -0.15) is 0 Å². The monoisotopic (exact) mass is 286 g/mol. The normalized spacial score (nSPS) is 23.9. The molecule has 3 N–H and O–H groups in total. The molecule has 0 aromatic heterocycles. The standard InChI is InChI=1S/C15H10O6/c1-2-3-4-5-6-7-8-9-10(16)11(17)14-12(18)13(19)15(20)21-14/h1,11-14,17-19H,9H2/t11-,12+,13-,14+/m0/s1. The molecular formula is C15H10O6. The van der Waals surface area contributed by atoms with Crippen molar-refractivity contribution in [3.8, 4) is 47.9 Å². The van der Waals surface area contributed by atoms with Crippen LogP contribution in [-0.4, -0.2) is 51.5 Å². The highest BCUT2D eigenvalue weighted by Gasteiger charge is 2.47. The van der Waals surface area contributed by atoms with Crippen LogP contribution in [0.1, 0.15) is 6.42 Å². The highest BCUT2D eigenvalue weighted by atomic mass is 16.6. The van der Waals surface area contributed by atoms with Gasteiger partial charge in [0.1, 0.15) is 6.10 Å². The Morgan fingerprint density at radius 2 is 1.86 bits per heavy atom. The molecule has 4 atom stereocenters. The van der Waals surface area contributed by atoms with Crippen molar-refractivity contribution >= 4 is 11.8 Å². The summed E-state index contributed by atoms with van der Waals surface area (Å²) in [7, 11) is 0. The molecule has 0 bridgehead atoms. The van der Waals surface area contributed by atoms with E-state index >= 15 is 0 Å². The van der Waals surface area contributed by atoms with E-state index in [2.05, 4.69) is 40.3 Å². The molecule has 1 heterocycles. The summed E-state index contributed by atoms with van der Waals surface area (Å²) in [5, 5.41) is 28.3. The molecule has 1 fully saturated rings. The summed E-state index contributed by atoms with van der Waals surface area (Å²) in [6, 6.07) is 0. The highest BCUT2D eigenvalue weighted by molar-refractivity contribution is 5.87. The van der Waals surface area contributed by atoms with Gasteiger partial charge in [-0.1, -0.05) is 5.92 Å². The molecular weight excluding hydrogens is 276 g/mol. The van der Waals surface area contributed by atoms with Crippen LogP contribution in [0.2, 0.25) is 0 Å². The minimum absolute atomic E-state index is 0.366. The number of carbonyl (C=O) groups excluding carboxylic acids is 2. The Balaban J connectivity index is 2.57. The van der Waals surface area contributed by atoms with E-state index in [-0.39, 0.29) is 6.42 Å². The highest BCUT2D eigenvalue weighted by Crippen LogP contribution is 2.19. The Morgan fingerprint density at radius 1 is 1.24 bits per heavy atom. The quantitative estimate of drug-likeness (QED) is 0.394. The minimum Gasteiger partial charge on any atom is -0.454 e. The number of aliphatic hydroxyl groups is 3. The van der Waals surface area contributed by atoms with E-state index in [1.807, 2.05) is 5.92 Å². The number of aliphatic hydroxyl groups excluding tert-OH is 3. The summed E-state index contributed by atoms with van der Waals surface area (Å²) in [5.41, 5.74) is 0. The average Bonchev–Trinajstić information content (AvgIpc) is 2.73. The van der Waals surface area contributed by atoms with Gasteiger partial charge in [-0.05, 0) is 35.5 Å². The molecule has 1 rings (SSSR count). The fraction of sp³-hybridized carbons (Fsp3) is 0.333. The van der Waals surface area contributed by atoms with Gasteiger partial charge in [0.25, 0.3) is 0 Å².